The lowest BCUT2D eigenvalue weighted by atomic mass is 9.97. The number of alkyl halides is 2. The fourth-order valence-corrected chi connectivity index (χ4v) is 2.15. The molecule has 1 amide bonds. The largest absolute Gasteiger partial charge is 0.454 e. The molecule has 1 aromatic rings. The zero-order valence-electron chi connectivity index (χ0n) is 10.3. The second-order valence-electron chi connectivity index (χ2n) is 4.44. The van der Waals surface area contributed by atoms with Gasteiger partial charge in [0.05, 0.1) is 16.6 Å². The predicted molar refractivity (Wildman–Crippen MR) is 61.4 cm³/mol. The van der Waals surface area contributed by atoms with Crippen LogP contribution in [-0.4, -0.2) is 30.3 Å². The molecule has 1 saturated heterocycles. The Morgan fingerprint density at radius 3 is 2.62 bits per heavy atom. The van der Waals surface area contributed by atoms with Crippen molar-refractivity contribution in [2.24, 2.45) is 0 Å². The van der Waals surface area contributed by atoms with Crippen molar-refractivity contribution in [3.05, 3.63) is 27.8 Å². The summed E-state index contributed by atoms with van der Waals surface area (Å²) in [5, 5.41) is 13.0. The summed E-state index contributed by atoms with van der Waals surface area (Å²) in [7, 11) is 0. The van der Waals surface area contributed by atoms with E-state index >= 15 is 0 Å². The number of nitro benzene ring substituents is 1. The Bertz CT molecular complexity index is 635. The van der Waals surface area contributed by atoms with Crippen molar-refractivity contribution in [1.82, 2.24) is 5.32 Å². The Morgan fingerprint density at radius 1 is 1.29 bits per heavy atom. The SMILES string of the molecule is O=C1N[C@@H](c2cc3c(cc2[N+](=O)[O-])OCO3)C(F)(F)CO1. The average Bonchev–Trinajstić information content (AvgIpc) is 2.87. The van der Waals surface area contributed by atoms with Gasteiger partial charge >= 0.3 is 12.0 Å². The van der Waals surface area contributed by atoms with Crippen molar-refractivity contribution in [3.63, 3.8) is 0 Å². The number of carbonyl (C=O) groups excluding carboxylic acids is 1. The quantitative estimate of drug-likeness (QED) is 0.659. The van der Waals surface area contributed by atoms with E-state index in [1.54, 1.807) is 0 Å². The van der Waals surface area contributed by atoms with Crippen LogP contribution in [-0.2, 0) is 4.74 Å². The molecular formula is C11H8F2N2O6. The van der Waals surface area contributed by atoms with Crippen LogP contribution in [0, 0.1) is 10.1 Å². The number of fused-ring (bicyclic) bond motifs is 1. The van der Waals surface area contributed by atoms with Gasteiger partial charge in [0.25, 0.3) is 5.69 Å². The molecule has 1 fully saturated rings. The Morgan fingerprint density at radius 2 is 1.95 bits per heavy atom. The third-order valence-electron chi connectivity index (χ3n) is 3.11. The molecule has 0 bridgehead atoms. The monoisotopic (exact) mass is 302 g/mol. The van der Waals surface area contributed by atoms with Gasteiger partial charge in [-0.05, 0) is 6.07 Å². The third-order valence-corrected chi connectivity index (χ3v) is 3.11. The maximum Gasteiger partial charge on any atom is 0.408 e. The van der Waals surface area contributed by atoms with Crippen LogP contribution in [0.2, 0.25) is 0 Å². The molecule has 10 heteroatoms. The minimum Gasteiger partial charge on any atom is -0.454 e. The number of benzene rings is 1. The Hall–Kier alpha value is -2.65. The lowest BCUT2D eigenvalue weighted by molar-refractivity contribution is -0.386. The van der Waals surface area contributed by atoms with Gasteiger partial charge in [0, 0.05) is 0 Å². The summed E-state index contributed by atoms with van der Waals surface area (Å²) in [5.74, 6) is -3.30. The molecule has 2 heterocycles. The minimum atomic E-state index is -3.49. The van der Waals surface area contributed by atoms with E-state index in [1.165, 1.54) is 0 Å². The lowest BCUT2D eigenvalue weighted by Gasteiger charge is -2.31. The Kier molecular flexibility index (Phi) is 2.81. The molecule has 112 valence electrons. The number of hydrogen-bond donors (Lipinski definition) is 1. The van der Waals surface area contributed by atoms with Crippen LogP contribution in [0.25, 0.3) is 0 Å². The first-order valence-electron chi connectivity index (χ1n) is 5.77. The first-order valence-corrected chi connectivity index (χ1v) is 5.77. The molecule has 3 rings (SSSR count). The first kappa shape index (κ1) is 13.3. The van der Waals surface area contributed by atoms with Crippen molar-refractivity contribution in [3.8, 4) is 11.5 Å². The van der Waals surface area contributed by atoms with E-state index in [9.17, 15) is 23.7 Å². The summed E-state index contributed by atoms with van der Waals surface area (Å²) in [6.07, 6.45) is -1.07. The van der Waals surface area contributed by atoms with Crippen molar-refractivity contribution in [2.45, 2.75) is 12.0 Å². The fourth-order valence-electron chi connectivity index (χ4n) is 2.15. The summed E-state index contributed by atoms with van der Waals surface area (Å²) >= 11 is 0. The van der Waals surface area contributed by atoms with Gasteiger partial charge in [0.2, 0.25) is 6.79 Å². The van der Waals surface area contributed by atoms with E-state index in [2.05, 4.69) is 4.74 Å². The number of nitrogens with one attached hydrogen (secondary N) is 1. The van der Waals surface area contributed by atoms with Gasteiger partial charge in [0.1, 0.15) is 6.04 Å². The Labute approximate surface area is 115 Å². The topological polar surface area (TPSA) is 99.9 Å². The van der Waals surface area contributed by atoms with Gasteiger partial charge in [0.15, 0.2) is 18.1 Å². The molecule has 1 atom stereocenters. The highest BCUT2D eigenvalue weighted by atomic mass is 19.3. The first-order chi connectivity index (χ1) is 9.88. The van der Waals surface area contributed by atoms with Crippen LogP contribution in [0.4, 0.5) is 19.3 Å². The molecule has 0 saturated carbocycles. The zero-order chi connectivity index (χ0) is 15.2. The Balaban J connectivity index is 2.11. The van der Waals surface area contributed by atoms with Crippen LogP contribution in [0.5, 0.6) is 11.5 Å². The van der Waals surface area contributed by atoms with Crippen LogP contribution >= 0.6 is 0 Å². The summed E-state index contributed by atoms with van der Waals surface area (Å²) in [6.45, 7) is -1.32. The lowest BCUT2D eigenvalue weighted by Crippen LogP contribution is -2.49. The molecule has 2 aliphatic rings. The number of rotatable bonds is 2. The van der Waals surface area contributed by atoms with E-state index < -0.39 is 35.3 Å². The van der Waals surface area contributed by atoms with Gasteiger partial charge in [-0.2, -0.15) is 0 Å². The zero-order valence-corrected chi connectivity index (χ0v) is 10.3. The molecular weight excluding hydrogens is 294 g/mol. The minimum absolute atomic E-state index is 0.0900. The van der Waals surface area contributed by atoms with E-state index in [-0.39, 0.29) is 23.9 Å². The molecule has 0 spiro atoms. The van der Waals surface area contributed by atoms with E-state index in [4.69, 9.17) is 9.47 Å². The number of nitrogens with zero attached hydrogens (tertiary/aromatic N) is 1. The van der Waals surface area contributed by atoms with E-state index in [0.29, 0.717) is 0 Å². The molecule has 8 nitrogen and oxygen atoms in total. The number of halogens is 2. The summed E-state index contributed by atoms with van der Waals surface area (Å²) < 4.78 is 42.0. The molecule has 21 heavy (non-hydrogen) atoms. The van der Waals surface area contributed by atoms with Crippen molar-refractivity contribution in [1.29, 1.82) is 0 Å². The summed E-state index contributed by atoms with van der Waals surface area (Å²) in [4.78, 5) is 21.4. The molecule has 1 N–H and O–H groups in total. The number of alkyl carbamates (subject to hydrolysis) is 1. The van der Waals surface area contributed by atoms with Gasteiger partial charge in [-0.25, -0.2) is 13.6 Å². The molecule has 0 aliphatic carbocycles. The smallest absolute Gasteiger partial charge is 0.408 e. The maximum atomic E-state index is 13.9. The number of hydrogen-bond acceptors (Lipinski definition) is 6. The molecule has 0 radical (unpaired) electrons. The van der Waals surface area contributed by atoms with E-state index in [1.807, 2.05) is 5.32 Å². The van der Waals surface area contributed by atoms with Crippen LogP contribution < -0.4 is 14.8 Å². The van der Waals surface area contributed by atoms with Crippen LogP contribution in [0.15, 0.2) is 12.1 Å². The fraction of sp³-hybridized carbons (Fsp3) is 0.364. The number of ether oxygens (including phenoxy) is 3. The van der Waals surface area contributed by atoms with Crippen molar-refractivity contribution >= 4 is 11.8 Å². The van der Waals surface area contributed by atoms with Gasteiger partial charge in [-0.3, -0.25) is 10.1 Å². The molecule has 0 unspecified atom stereocenters. The highest BCUT2D eigenvalue weighted by Crippen LogP contribution is 2.44. The van der Waals surface area contributed by atoms with Gasteiger partial charge < -0.3 is 19.5 Å². The summed E-state index contributed by atoms with van der Waals surface area (Å²) in [5.41, 5.74) is -0.961. The molecule has 0 aromatic heterocycles. The number of nitro groups is 1. The van der Waals surface area contributed by atoms with E-state index in [0.717, 1.165) is 12.1 Å². The number of cyclic esters (lactones) is 1. The standard InChI is InChI=1S/C11H8F2N2O6/c12-11(13)3-19-10(16)14-9(11)5-1-7-8(21-4-20-7)2-6(5)15(17)18/h1-2,9H,3-4H2,(H,14,16)/t9-/m0/s1. The van der Waals surface area contributed by atoms with Crippen molar-refractivity contribution < 1.29 is 32.7 Å². The molecule has 1 aromatic carbocycles. The molecule has 2 aliphatic heterocycles. The normalized spacial score (nSPS) is 22.4. The maximum absolute atomic E-state index is 13.9. The van der Waals surface area contributed by atoms with Crippen LogP contribution in [0.3, 0.4) is 0 Å². The van der Waals surface area contributed by atoms with Gasteiger partial charge in [-0.15, -0.1) is 0 Å². The van der Waals surface area contributed by atoms with Crippen molar-refractivity contribution in [2.75, 3.05) is 13.4 Å². The average molecular weight is 302 g/mol. The predicted octanol–water partition coefficient (Wildman–Crippen LogP) is 1.74. The summed E-state index contributed by atoms with van der Waals surface area (Å²) in [6, 6.07) is 0.189. The number of carbonyl (C=O) groups is 1. The second-order valence-corrected chi connectivity index (χ2v) is 4.44. The highest BCUT2D eigenvalue weighted by Gasteiger charge is 2.49. The number of amides is 1. The third kappa shape index (κ3) is 2.18. The van der Waals surface area contributed by atoms with Crippen LogP contribution in [0.1, 0.15) is 11.6 Å². The van der Waals surface area contributed by atoms with Gasteiger partial charge in [-0.1, -0.05) is 0 Å². The highest BCUT2D eigenvalue weighted by molar-refractivity contribution is 5.70. The second kappa shape index (κ2) is 4.43.